The van der Waals surface area contributed by atoms with E-state index >= 15 is 0 Å². The molecule has 0 unspecified atom stereocenters. The molecule has 0 aromatic heterocycles. The fourth-order valence-electron chi connectivity index (χ4n) is 3.64. The molecule has 3 rings (SSSR count). The lowest BCUT2D eigenvalue weighted by molar-refractivity contribution is -0.114. The Morgan fingerprint density at radius 2 is 1.71 bits per heavy atom. The average Bonchev–Trinajstić information content (AvgIpc) is 2.91. The van der Waals surface area contributed by atoms with E-state index in [-0.39, 0.29) is 5.91 Å². The Kier molecular flexibility index (Phi) is 7.31. The first-order chi connectivity index (χ1) is 13.5. The summed E-state index contributed by atoms with van der Waals surface area (Å²) in [4.78, 5) is 12.0. The molecule has 2 N–H and O–H groups in total. The summed E-state index contributed by atoms with van der Waals surface area (Å²) < 4.78 is 25.5. The zero-order valence-electron chi connectivity index (χ0n) is 16.0. The van der Waals surface area contributed by atoms with Crippen LogP contribution in [0, 0.1) is 0 Å². The van der Waals surface area contributed by atoms with Gasteiger partial charge in [0.15, 0.2) is 0 Å². The molecule has 0 spiro atoms. The Morgan fingerprint density at radius 1 is 1.04 bits per heavy atom. The second kappa shape index (κ2) is 9.92. The van der Waals surface area contributed by atoms with Crippen LogP contribution in [0.1, 0.15) is 45.4 Å². The number of halogens is 2. The third kappa shape index (κ3) is 5.96. The average molecular weight is 405 g/mol. The van der Waals surface area contributed by atoms with Crippen LogP contribution in [0.5, 0.6) is 0 Å². The van der Waals surface area contributed by atoms with E-state index in [1.807, 2.05) is 24.3 Å². The van der Waals surface area contributed by atoms with Crippen LogP contribution in [0.15, 0.2) is 47.4 Å². The summed E-state index contributed by atoms with van der Waals surface area (Å²) in [7, 11) is 0. The lowest BCUT2D eigenvalue weighted by Crippen LogP contribution is -2.18. The van der Waals surface area contributed by atoms with E-state index in [0.29, 0.717) is 28.4 Å². The van der Waals surface area contributed by atoms with Crippen LogP contribution in [0.2, 0.25) is 0 Å². The number of carbonyl (C=O) groups is 1. The third-order valence-corrected chi connectivity index (χ3v) is 5.65. The Labute approximate surface area is 169 Å². The molecule has 1 saturated carbocycles. The van der Waals surface area contributed by atoms with Gasteiger partial charge in [0.1, 0.15) is 0 Å². The van der Waals surface area contributed by atoms with Gasteiger partial charge < -0.3 is 10.6 Å². The van der Waals surface area contributed by atoms with Gasteiger partial charge in [0, 0.05) is 34.8 Å². The Balaban J connectivity index is 1.81. The quantitative estimate of drug-likeness (QED) is 0.413. The van der Waals surface area contributed by atoms with Crippen molar-refractivity contribution < 1.29 is 13.6 Å². The molecule has 1 amide bonds. The summed E-state index contributed by atoms with van der Waals surface area (Å²) >= 11 is 0.505. The zero-order valence-corrected chi connectivity index (χ0v) is 16.8. The Morgan fingerprint density at radius 3 is 2.32 bits per heavy atom. The van der Waals surface area contributed by atoms with E-state index in [2.05, 4.69) is 10.6 Å². The lowest BCUT2D eigenvalue weighted by atomic mass is 10.0. The predicted molar refractivity (Wildman–Crippen MR) is 113 cm³/mol. The first-order valence-electron chi connectivity index (χ1n) is 9.74. The highest BCUT2D eigenvalue weighted by atomic mass is 32.2. The maximum Gasteiger partial charge on any atom is 0.288 e. The second-order valence-electron chi connectivity index (χ2n) is 7.18. The van der Waals surface area contributed by atoms with Gasteiger partial charge in [0.25, 0.3) is 5.76 Å². The molecule has 0 bridgehead atoms. The molecule has 3 nitrogen and oxygen atoms in total. The number of hydrogen-bond donors (Lipinski definition) is 2. The van der Waals surface area contributed by atoms with Gasteiger partial charge in [-0.05, 0) is 48.7 Å². The molecule has 0 saturated heterocycles. The third-order valence-electron chi connectivity index (χ3n) is 4.95. The highest BCUT2D eigenvalue weighted by molar-refractivity contribution is 7.99. The molecule has 28 heavy (non-hydrogen) atoms. The number of rotatable bonds is 6. The number of anilines is 2. The molecule has 0 aliphatic heterocycles. The number of alkyl halides is 2. The van der Waals surface area contributed by atoms with Gasteiger partial charge in [-0.15, -0.1) is 0 Å². The van der Waals surface area contributed by atoms with E-state index in [9.17, 15) is 13.6 Å². The van der Waals surface area contributed by atoms with Crippen molar-refractivity contribution in [3.63, 3.8) is 0 Å². The molecule has 150 valence electrons. The smallest absolute Gasteiger partial charge is 0.288 e. The van der Waals surface area contributed by atoms with E-state index < -0.39 is 5.76 Å². The minimum atomic E-state index is -2.48. The fourth-order valence-corrected chi connectivity index (χ4v) is 4.18. The van der Waals surface area contributed by atoms with Gasteiger partial charge in [0.2, 0.25) is 5.91 Å². The molecular formula is C22H26F2N2OS. The van der Waals surface area contributed by atoms with Crippen molar-refractivity contribution in [1.82, 2.24) is 0 Å². The van der Waals surface area contributed by atoms with Gasteiger partial charge in [0.05, 0.1) is 0 Å². The molecule has 1 aliphatic rings. The molecule has 0 heterocycles. The van der Waals surface area contributed by atoms with E-state index in [1.54, 1.807) is 18.2 Å². The van der Waals surface area contributed by atoms with Crippen LogP contribution in [0.3, 0.4) is 0 Å². The summed E-state index contributed by atoms with van der Waals surface area (Å²) in [6.45, 7) is 1.44. The van der Waals surface area contributed by atoms with Crippen molar-refractivity contribution >= 4 is 29.0 Å². The van der Waals surface area contributed by atoms with Crippen LogP contribution in [0.25, 0.3) is 11.1 Å². The number of carbonyl (C=O) groups excluding carboxylic acids is 1. The van der Waals surface area contributed by atoms with Crippen molar-refractivity contribution in [2.24, 2.45) is 0 Å². The molecule has 1 aliphatic carbocycles. The van der Waals surface area contributed by atoms with Crippen molar-refractivity contribution in [1.29, 1.82) is 0 Å². The van der Waals surface area contributed by atoms with Gasteiger partial charge in [-0.3, -0.25) is 4.79 Å². The number of nitrogens with one attached hydrogen (secondary N) is 2. The summed E-state index contributed by atoms with van der Waals surface area (Å²) in [5, 5.41) is 6.40. The Bertz CT molecular complexity index is 788. The summed E-state index contributed by atoms with van der Waals surface area (Å²) in [5.41, 5.74) is 3.30. The summed E-state index contributed by atoms with van der Waals surface area (Å²) in [6.07, 6.45) is 7.56. The first-order valence-corrected chi connectivity index (χ1v) is 10.6. The minimum Gasteiger partial charge on any atom is -0.382 e. The SMILES string of the molecule is CC(=O)Nc1ccc(SC(F)F)cc1-c1ccc(NC2CCCCCC2)cc1. The van der Waals surface area contributed by atoms with Crippen molar-refractivity contribution in [2.75, 3.05) is 10.6 Å². The second-order valence-corrected chi connectivity index (χ2v) is 8.24. The molecule has 2 aromatic carbocycles. The maximum absolute atomic E-state index is 12.8. The first kappa shape index (κ1) is 20.6. The zero-order chi connectivity index (χ0) is 19.9. The number of benzene rings is 2. The molecule has 1 fully saturated rings. The van der Waals surface area contributed by atoms with E-state index in [0.717, 1.165) is 16.8 Å². The predicted octanol–water partition coefficient (Wildman–Crippen LogP) is 6.76. The summed E-state index contributed by atoms with van der Waals surface area (Å²) in [6, 6.07) is 13.5. The van der Waals surface area contributed by atoms with Crippen LogP contribution < -0.4 is 10.6 Å². The maximum atomic E-state index is 12.8. The summed E-state index contributed by atoms with van der Waals surface area (Å²) in [5.74, 6) is -2.67. The molecule has 2 aromatic rings. The van der Waals surface area contributed by atoms with Crippen LogP contribution >= 0.6 is 11.8 Å². The van der Waals surface area contributed by atoms with E-state index in [4.69, 9.17) is 0 Å². The molecular weight excluding hydrogens is 378 g/mol. The van der Waals surface area contributed by atoms with Crippen LogP contribution in [0.4, 0.5) is 20.2 Å². The van der Waals surface area contributed by atoms with Crippen molar-refractivity contribution in [3.8, 4) is 11.1 Å². The monoisotopic (exact) mass is 404 g/mol. The standard InChI is InChI=1S/C22H26F2N2OS/c1-15(27)25-21-13-12-19(28-22(23)24)14-20(21)16-8-10-18(11-9-16)26-17-6-4-2-3-5-7-17/h8-14,17,22,26H,2-7H2,1H3,(H,25,27). The number of amides is 1. The topological polar surface area (TPSA) is 41.1 Å². The van der Waals surface area contributed by atoms with Gasteiger partial charge in [-0.2, -0.15) is 8.78 Å². The van der Waals surface area contributed by atoms with Gasteiger partial charge >= 0.3 is 0 Å². The normalized spacial score (nSPS) is 15.3. The van der Waals surface area contributed by atoms with E-state index in [1.165, 1.54) is 45.4 Å². The lowest BCUT2D eigenvalue weighted by Gasteiger charge is -2.18. The van der Waals surface area contributed by atoms with Crippen LogP contribution in [-0.4, -0.2) is 17.7 Å². The van der Waals surface area contributed by atoms with Gasteiger partial charge in [-0.25, -0.2) is 0 Å². The highest BCUT2D eigenvalue weighted by Crippen LogP contribution is 2.35. The van der Waals surface area contributed by atoms with Crippen molar-refractivity contribution in [2.45, 2.75) is 62.1 Å². The van der Waals surface area contributed by atoms with Crippen LogP contribution in [-0.2, 0) is 4.79 Å². The molecule has 0 atom stereocenters. The highest BCUT2D eigenvalue weighted by Gasteiger charge is 2.14. The fraction of sp³-hybridized carbons (Fsp3) is 0.409. The van der Waals surface area contributed by atoms with Crippen molar-refractivity contribution in [3.05, 3.63) is 42.5 Å². The van der Waals surface area contributed by atoms with Gasteiger partial charge in [-0.1, -0.05) is 49.6 Å². The molecule has 0 radical (unpaired) electrons. The molecule has 6 heteroatoms. The Hall–Kier alpha value is -2.08. The minimum absolute atomic E-state index is 0.192. The number of thioether (sulfide) groups is 1. The largest absolute Gasteiger partial charge is 0.382 e. The number of hydrogen-bond acceptors (Lipinski definition) is 3.